The molecule has 2 rings (SSSR count). The lowest BCUT2D eigenvalue weighted by molar-refractivity contribution is 0.479. The van der Waals surface area contributed by atoms with Crippen molar-refractivity contribution in [1.29, 1.82) is 0 Å². The van der Waals surface area contributed by atoms with E-state index < -0.39 is 0 Å². The van der Waals surface area contributed by atoms with Crippen molar-refractivity contribution in [2.24, 2.45) is 0 Å². The van der Waals surface area contributed by atoms with E-state index in [0.29, 0.717) is 17.2 Å². The molecule has 2 N–H and O–H groups in total. The molecule has 0 heterocycles. The molecule has 0 aliphatic rings. The van der Waals surface area contributed by atoms with Crippen molar-refractivity contribution in [3.05, 3.63) is 48.3 Å². The predicted octanol–water partition coefficient (Wildman–Crippen LogP) is 3.92. The number of anilines is 1. The number of nitrogen functional groups attached to an aromatic ring is 1. The number of hydrogen-bond acceptors (Lipinski definition) is 3. The smallest absolute Gasteiger partial charge is 0.153 e. The van der Waals surface area contributed by atoms with E-state index in [1.54, 1.807) is 11.8 Å². The Hall–Kier alpha value is -1.68. The normalized spacial score (nSPS) is 10.2. The molecule has 4 heteroatoms. The quantitative estimate of drug-likeness (QED) is 0.661. The third-order valence-corrected chi connectivity index (χ3v) is 3.01. The van der Waals surface area contributed by atoms with Gasteiger partial charge in [0, 0.05) is 11.0 Å². The maximum absolute atomic E-state index is 13.0. The maximum Gasteiger partial charge on any atom is 0.153 e. The summed E-state index contributed by atoms with van der Waals surface area (Å²) in [6, 6.07) is 11.6. The molecule has 0 spiro atoms. The molecule has 17 heavy (non-hydrogen) atoms. The van der Waals surface area contributed by atoms with Crippen molar-refractivity contribution in [3.63, 3.8) is 0 Å². The van der Waals surface area contributed by atoms with Crippen molar-refractivity contribution in [2.75, 3.05) is 12.0 Å². The first-order chi connectivity index (χ1) is 8.19. The van der Waals surface area contributed by atoms with Gasteiger partial charge in [-0.2, -0.15) is 0 Å². The molecular formula is C13H12FNOS. The molecule has 2 aromatic carbocycles. The van der Waals surface area contributed by atoms with Crippen LogP contribution in [-0.2, 0) is 0 Å². The first-order valence-electron chi connectivity index (χ1n) is 5.06. The summed E-state index contributed by atoms with van der Waals surface area (Å²) in [7, 11) is 0. The fourth-order valence-corrected chi connectivity index (χ4v) is 1.78. The SMILES string of the molecule is CSc1ccc(Oc2cc(F)ccc2N)cc1. The summed E-state index contributed by atoms with van der Waals surface area (Å²) in [4.78, 5) is 1.14. The van der Waals surface area contributed by atoms with Gasteiger partial charge in [-0.3, -0.25) is 0 Å². The summed E-state index contributed by atoms with van der Waals surface area (Å²) in [6.45, 7) is 0. The van der Waals surface area contributed by atoms with Crippen molar-refractivity contribution < 1.29 is 9.13 Å². The lowest BCUT2D eigenvalue weighted by Crippen LogP contribution is -1.92. The van der Waals surface area contributed by atoms with Crippen LogP contribution in [-0.4, -0.2) is 6.26 Å². The monoisotopic (exact) mass is 249 g/mol. The van der Waals surface area contributed by atoms with Gasteiger partial charge in [-0.05, 0) is 42.7 Å². The number of benzene rings is 2. The Labute approximate surface area is 104 Å². The molecule has 0 saturated heterocycles. The van der Waals surface area contributed by atoms with Crippen molar-refractivity contribution in [2.45, 2.75) is 4.90 Å². The summed E-state index contributed by atoms with van der Waals surface area (Å²) in [5.74, 6) is 0.608. The van der Waals surface area contributed by atoms with Crippen molar-refractivity contribution in [1.82, 2.24) is 0 Å². The third-order valence-electron chi connectivity index (χ3n) is 2.26. The van der Waals surface area contributed by atoms with Gasteiger partial charge >= 0.3 is 0 Å². The van der Waals surface area contributed by atoms with Gasteiger partial charge in [0.1, 0.15) is 11.6 Å². The van der Waals surface area contributed by atoms with Crippen LogP contribution in [0.2, 0.25) is 0 Å². The fourth-order valence-electron chi connectivity index (χ4n) is 1.37. The highest BCUT2D eigenvalue weighted by Gasteiger charge is 2.03. The molecule has 0 bridgehead atoms. The van der Waals surface area contributed by atoms with Crippen LogP contribution in [0.1, 0.15) is 0 Å². The zero-order valence-electron chi connectivity index (χ0n) is 9.31. The van der Waals surface area contributed by atoms with E-state index in [0.717, 1.165) is 4.90 Å². The van der Waals surface area contributed by atoms with Gasteiger partial charge < -0.3 is 10.5 Å². The fraction of sp³-hybridized carbons (Fsp3) is 0.0769. The van der Waals surface area contributed by atoms with Crippen molar-refractivity contribution >= 4 is 17.4 Å². The first kappa shape index (κ1) is 11.8. The van der Waals surface area contributed by atoms with Gasteiger partial charge in [-0.1, -0.05) is 0 Å². The van der Waals surface area contributed by atoms with Crippen LogP contribution in [0.4, 0.5) is 10.1 Å². The van der Waals surface area contributed by atoms with Gasteiger partial charge in [0.15, 0.2) is 5.75 Å². The zero-order chi connectivity index (χ0) is 12.3. The van der Waals surface area contributed by atoms with E-state index in [1.807, 2.05) is 30.5 Å². The molecule has 0 fully saturated rings. The third kappa shape index (κ3) is 2.91. The molecule has 0 radical (unpaired) electrons. The Kier molecular flexibility index (Phi) is 3.54. The van der Waals surface area contributed by atoms with E-state index in [4.69, 9.17) is 10.5 Å². The summed E-state index contributed by atoms with van der Waals surface area (Å²) >= 11 is 1.65. The lowest BCUT2D eigenvalue weighted by Gasteiger charge is -2.08. The van der Waals surface area contributed by atoms with Gasteiger partial charge in [0.05, 0.1) is 5.69 Å². The average Bonchev–Trinajstić information content (AvgIpc) is 2.35. The summed E-state index contributed by atoms with van der Waals surface area (Å²) in [5.41, 5.74) is 6.11. The number of nitrogens with two attached hydrogens (primary N) is 1. The Morgan fingerprint density at radius 1 is 1.12 bits per heavy atom. The first-order valence-corrected chi connectivity index (χ1v) is 6.28. The highest BCUT2D eigenvalue weighted by Crippen LogP contribution is 2.29. The molecular weight excluding hydrogens is 237 g/mol. The zero-order valence-corrected chi connectivity index (χ0v) is 10.1. The van der Waals surface area contributed by atoms with Gasteiger partial charge in [0.2, 0.25) is 0 Å². The highest BCUT2D eigenvalue weighted by molar-refractivity contribution is 7.98. The highest BCUT2D eigenvalue weighted by atomic mass is 32.2. The molecule has 0 aliphatic heterocycles. The van der Waals surface area contributed by atoms with Gasteiger partial charge in [-0.25, -0.2) is 4.39 Å². The largest absolute Gasteiger partial charge is 0.455 e. The number of halogens is 1. The van der Waals surface area contributed by atoms with Gasteiger partial charge in [-0.15, -0.1) is 11.8 Å². The molecule has 0 saturated carbocycles. The van der Waals surface area contributed by atoms with Crippen LogP contribution >= 0.6 is 11.8 Å². The Morgan fingerprint density at radius 3 is 2.47 bits per heavy atom. The van der Waals surface area contributed by atoms with Crippen LogP contribution in [0, 0.1) is 5.82 Å². The molecule has 88 valence electrons. The number of thioether (sulfide) groups is 1. The average molecular weight is 249 g/mol. The topological polar surface area (TPSA) is 35.2 Å². The maximum atomic E-state index is 13.0. The Morgan fingerprint density at radius 2 is 1.82 bits per heavy atom. The lowest BCUT2D eigenvalue weighted by atomic mass is 10.3. The molecule has 0 unspecified atom stereocenters. The second-order valence-corrected chi connectivity index (χ2v) is 4.34. The molecule has 2 aromatic rings. The number of hydrogen-bond donors (Lipinski definition) is 1. The predicted molar refractivity (Wildman–Crippen MR) is 69.1 cm³/mol. The van der Waals surface area contributed by atoms with E-state index in [2.05, 4.69) is 0 Å². The summed E-state index contributed by atoms with van der Waals surface area (Å²) in [6.07, 6.45) is 2.00. The number of rotatable bonds is 3. The van der Waals surface area contributed by atoms with E-state index in [-0.39, 0.29) is 5.82 Å². The second kappa shape index (κ2) is 5.10. The van der Waals surface area contributed by atoms with E-state index >= 15 is 0 Å². The van der Waals surface area contributed by atoms with Crippen LogP contribution in [0.15, 0.2) is 47.4 Å². The van der Waals surface area contributed by atoms with E-state index in [9.17, 15) is 4.39 Å². The second-order valence-electron chi connectivity index (χ2n) is 3.46. The van der Waals surface area contributed by atoms with Crippen LogP contribution in [0.5, 0.6) is 11.5 Å². The molecule has 0 amide bonds. The number of ether oxygens (including phenoxy) is 1. The minimum absolute atomic E-state index is 0.335. The molecule has 0 aliphatic carbocycles. The molecule has 2 nitrogen and oxygen atoms in total. The summed E-state index contributed by atoms with van der Waals surface area (Å²) < 4.78 is 18.5. The standard InChI is InChI=1S/C13H12FNOS/c1-17-11-5-3-10(4-6-11)16-13-8-9(14)2-7-12(13)15/h2-8H,15H2,1H3. The van der Waals surface area contributed by atoms with E-state index in [1.165, 1.54) is 18.2 Å². The van der Waals surface area contributed by atoms with Crippen LogP contribution < -0.4 is 10.5 Å². The van der Waals surface area contributed by atoms with Crippen LogP contribution in [0.3, 0.4) is 0 Å². The van der Waals surface area contributed by atoms with Crippen molar-refractivity contribution in [3.8, 4) is 11.5 Å². The Bertz CT molecular complexity index is 513. The molecule has 0 aromatic heterocycles. The van der Waals surface area contributed by atoms with Crippen LogP contribution in [0.25, 0.3) is 0 Å². The van der Waals surface area contributed by atoms with Gasteiger partial charge in [0.25, 0.3) is 0 Å². The Balaban J connectivity index is 2.22. The molecule has 0 atom stereocenters. The minimum Gasteiger partial charge on any atom is -0.455 e. The minimum atomic E-state index is -0.366. The summed E-state index contributed by atoms with van der Waals surface area (Å²) in [5, 5.41) is 0.